The van der Waals surface area contributed by atoms with Crippen molar-refractivity contribution in [2.24, 2.45) is 0 Å². The fourth-order valence-electron chi connectivity index (χ4n) is 1.66. The highest BCUT2D eigenvalue weighted by Crippen LogP contribution is 2.26. The number of anilines is 1. The molecular weight excluding hydrogens is 318 g/mol. The van der Waals surface area contributed by atoms with Gasteiger partial charge in [-0.1, -0.05) is 11.6 Å². The number of hydrogen-bond donors (Lipinski definition) is 1. The van der Waals surface area contributed by atoms with Crippen molar-refractivity contribution in [3.05, 3.63) is 49.1 Å². The molecule has 0 spiro atoms. The Bertz CT molecular complexity index is 536. The normalized spacial score (nSPS) is 10.6. The van der Waals surface area contributed by atoms with Gasteiger partial charge in [0.25, 0.3) is 0 Å². The number of hydrogen-bond acceptors (Lipinski definition) is 2. The van der Waals surface area contributed by atoms with Gasteiger partial charge < -0.3 is 5.32 Å². The van der Waals surface area contributed by atoms with Gasteiger partial charge >= 0.3 is 0 Å². The van der Waals surface area contributed by atoms with Crippen molar-refractivity contribution < 1.29 is 0 Å². The summed E-state index contributed by atoms with van der Waals surface area (Å²) in [6.07, 6.45) is 0. The molecule has 1 nitrogen and oxygen atoms in total. The van der Waals surface area contributed by atoms with Crippen LogP contribution in [0, 0.1) is 13.8 Å². The highest BCUT2D eigenvalue weighted by atomic mass is 79.9. The van der Waals surface area contributed by atoms with E-state index in [0.29, 0.717) is 0 Å². The molecule has 0 fully saturated rings. The number of aryl methyl sites for hydroxylation is 2. The third-order valence-electron chi connectivity index (χ3n) is 2.55. The van der Waals surface area contributed by atoms with Gasteiger partial charge in [-0.2, -0.15) is 0 Å². The molecule has 0 aliphatic carbocycles. The Balaban J connectivity index is 2.07. The number of benzene rings is 1. The van der Waals surface area contributed by atoms with Crippen LogP contribution in [0.25, 0.3) is 0 Å². The number of rotatable bonds is 3. The van der Waals surface area contributed by atoms with Gasteiger partial charge in [-0.25, -0.2) is 0 Å². The van der Waals surface area contributed by atoms with Gasteiger partial charge in [0.1, 0.15) is 0 Å². The quantitative estimate of drug-likeness (QED) is 0.795. The first-order valence-corrected chi connectivity index (χ1v) is 7.30. The fraction of sp³-hybridized carbons (Fsp3) is 0.231. The number of nitrogens with one attached hydrogen (secondary N) is 1. The zero-order valence-electron chi connectivity index (χ0n) is 9.68. The molecule has 0 atom stereocenters. The van der Waals surface area contributed by atoms with Crippen molar-refractivity contribution in [2.75, 3.05) is 5.32 Å². The smallest absolute Gasteiger partial charge is 0.0549 e. The Morgan fingerprint density at radius 2 is 2.06 bits per heavy atom. The van der Waals surface area contributed by atoms with Gasteiger partial charge in [0.15, 0.2) is 0 Å². The highest BCUT2D eigenvalue weighted by Gasteiger charge is 2.03. The first kappa shape index (κ1) is 12.9. The van der Waals surface area contributed by atoms with Gasteiger partial charge in [-0.05, 0) is 59.6 Å². The van der Waals surface area contributed by atoms with E-state index in [1.54, 1.807) is 0 Å². The van der Waals surface area contributed by atoms with Crippen molar-refractivity contribution >= 4 is 44.6 Å². The molecule has 0 aliphatic rings. The van der Waals surface area contributed by atoms with Crippen LogP contribution in [0.4, 0.5) is 5.69 Å². The zero-order chi connectivity index (χ0) is 12.4. The van der Waals surface area contributed by atoms with Crippen molar-refractivity contribution in [1.29, 1.82) is 0 Å². The van der Waals surface area contributed by atoms with Gasteiger partial charge in [-0.3, -0.25) is 0 Å². The predicted molar refractivity (Wildman–Crippen MR) is 80.3 cm³/mol. The SMILES string of the molecule is Cc1cc(CNc2ccc(Cl)c(Br)c2)c(C)s1. The molecular formula is C13H13BrClNS. The van der Waals surface area contributed by atoms with E-state index >= 15 is 0 Å². The monoisotopic (exact) mass is 329 g/mol. The summed E-state index contributed by atoms with van der Waals surface area (Å²) in [7, 11) is 0. The maximum atomic E-state index is 5.95. The molecule has 0 amide bonds. The van der Waals surface area contributed by atoms with Crippen molar-refractivity contribution in [2.45, 2.75) is 20.4 Å². The molecule has 17 heavy (non-hydrogen) atoms. The van der Waals surface area contributed by atoms with Gasteiger partial charge in [-0.15, -0.1) is 11.3 Å². The van der Waals surface area contributed by atoms with Crippen LogP contribution in [0.5, 0.6) is 0 Å². The van der Waals surface area contributed by atoms with E-state index in [0.717, 1.165) is 21.7 Å². The van der Waals surface area contributed by atoms with Crippen molar-refractivity contribution in [1.82, 2.24) is 0 Å². The van der Waals surface area contributed by atoms with Gasteiger partial charge in [0.05, 0.1) is 5.02 Å². The van der Waals surface area contributed by atoms with Gasteiger partial charge in [0.2, 0.25) is 0 Å². The summed E-state index contributed by atoms with van der Waals surface area (Å²) in [5.74, 6) is 0. The molecule has 1 heterocycles. The van der Waals surface area contributed by atoms with Crippen LogP contribution >= 0.6 is 38.9 Å². The van der Waals surface area contributed by atoms with E-state index in [-0.39, 0.29) is 0 Å². The predicted octanol–water partition coefficient (Wildman–Crippen LogP) is 5.39. The number of thiophene rings is 1. The van der Waals surface area contributed by atoms with Crippen LogP contribution in [0.2, 0.25) is 5.02 Å². The lowest BCUT2D eigenvalue weighted by Crippen LogP contribution is -1.99. The largest absolute Gasteiger partial charge is 0.381 e. The van der Waals surface area contributed by atoms with Crippen LogP contribution in [0.3, 0.4) is 0 Å². The van der Waals surface area contributed by atoms with Crippen molar-refractivity contribution in [3.63, 3.8) is 0 Å². The summed E-state index contributed by atoms with van der Waals surface area (Å²) in [5.41, 5.74) is 2.43. The standard InChI is InChI=1S/C13H13BrClNS/c1-8-5-10(9(2)17-8)7-16-11-3-4-13(15)12(14)6-11/h3-6,16H,7H2,1-2H3. The average molecular weight is 331 g/mol. The Morgan fingerprint density at radius 3 is 2.65 bits per heavy atom. The highest BCUT2D eigenvalue weighted by molar-refractivity contribution is 9.10. The lowest BCUT2D eigenvalue weighted by molar-refractivity contribution is 1.14. The molecule has 1 N–H and O–H groups in total. The lowest BCUT2D eigenvalue weighted by Gasteiger charge is -2.07. The van der Waals surface area contributed by atoms with E-state index < -0.39 is 0 Å². The molecule has 90 valence electrons. The van der Waals surface area contributed by atoms with E-state index in [9.17, 15) is 0 Å². The Hall–Kier alpha value is -0.510. The Morgan fingerprint density at radius 1 is 1.29 bits per heavy atom. The average Bonchev–Trinajstić information content (AvgIpc) is 2.59. The van der Waals surface area contributed by atoms with E-state index in [1.165, 1.54) is 15.3 Å². The molecule has 2 aromatic rings. The third kappa shape index (κ3) is 3.24. The second-order valence-corrected chi connectivity index (χ2v) is 6.64. The zero-order valence-corrected chi connectivity index (χ0v) is 12.8. The summed E-state index contributed by atoms with van der Waals surface area (Å²) < 4.78 is 0.919. The van der Waals surface area contributed by atoms with Crippen LogP contribution in [0.1, 0.15) is 15.3 Å². The molecule has 1 aromatic carbocycles. The Labute approximate surface area is 119 Å². The molecule has 0 radical (unpaired) electrons. The molecule has 4 heteroatoms. The summed E-state index contributed by atoms with van der Waals surface area (Å²) >= 11 is 11.2. The summed E-state index contributed by atoms with van der Waals surface area (Å²) in [5, 5.41) is 4.14. The minimum absolute atomic E-state index is 0.734. The van der Waals surface area contributed by atoms with Crippen LogP contribution in [-0.4, -0.2) is 0 Å². The van der Waals surface area contributed by atoms with Crippen molar-refractivity contribution in [3.8, 4) is 0 Å². The molecule has 2 rings (SSSR count). The van der Waals surface area contributed by atoms with Crippen LogP contribution < -0.4 is 5.32 Å². The molecule has 0 aliphatic heterocycles. The molecule has 1 aromatic heterocycles. The second kappa shape index (κ2) is 5.42. The first-order valence-electron chi connectivity index (χ1n) is 5.31. The maximum Gasteiger partial charge on any atom is 0.0549 e. The summed E-state index contributed by atoms with van der Waals surface area (Å²) in [6, 6.07) is 8.11. The van der Waals surface area contributed by atoms with Crippen LogP contribution in [-0.2, 0) is 6.54 Å². The molecule has 0 saturated heterocycles. The number of halogens is 2. The topological polar surface area (TPSA) is 12.0 Å². The van der Waals surface area contributed by atoms with Crippen LogP contribution in [0.15, 0.2) is 28.7 Å². The Kier molecular flexibility index (Phi) is 4.13. The second-order valence-electron chi connectivity index (χ2n) is 3.92. The van der Waals surface area contributed by atoms with E-state index in [4.69, 9.17) is 11.6 Å². The minimum atomic E-state index is 0.734. The maximum absolute atomic E-state index is 5.95. The molecule has 0 bridgehead atoms. The van der Waals surface area contributed by atoms with E-state index in [2.05, 4.69) is 41.2 Å². The van der Waals surface area contributed by atoms with Gasteiger partial charge in [0, 0.05) is 26.5 Å². The minimum Gasteiger partial charge on any atom is -0.381 e. The summed E-state index contributed by atoms with van der Waals surface area (Å²) in [6.45, 7) is 5.15. The molecule has 0 unspecified atom stereocenters. The fourth-order valence-corrected chi connectivity index (χ4v) is 3.11. The third-order valence-corrected chi connectivity index (χ3v) is 4.77. The lowest BCUT2D eigenvalue weighted by atomic mass is 10.2. The molecule has 0 saturated carbocycles. The first-order chi connectivity index (χ1) is 8.06. The van der Waals surface area contributed by atoms with E-state index in [1.807, 2.05) is 29.5 Å². The summed E-state index contributed by atoms with van der Waals surface area (Å²) in [4.78, 5) is 2.74.